The van der Waals surface area contributed by atoms with Crippen molar-refractivity contribution < 1.29 is 0 Å². The van der Waals surface area contributed by atoms with Crippen LogP contribution in [0.15, 0.2) is 60.4 Å². The van der Waals surface area contributed by atoms with E-state index in [1.807, 2.05) is 23.0 Å². The van der Waals surface area contributed by atoms with Crippen molar-refractivity contribution in [2.24, 2.45) is 4.99 Å². The molecular formula is C20H30IN5. The number of nitrogens with one attached hydrogen (secondary N) is 1. The van der Waals surface area contributed by atoms with Crippen molar-refractivity contribution in [2.45, 2.75) is 32.9 Å². The van der Waals surface area contributed by atoms with Crippen molar-refractivity contribution in [2.75, 3.05) is 20.1 Å². The van der Waals surface area contributed by atoms with Crippen molar-refractivity contribution in [3.8, 4) is 0 Å². The highest BCUT2D eigenvalue weighted by atomic mass is 127. The number of aliphatic imine (C=N–C) groups is 1. The first-order valence-electron chi connectivity index (χ1n) is 8.88. The molecule has 0 spiro atoms. The van der Waals surface area contributed by atoms with Crippen LogP contribution in [0.1, 0.15) is 30.9 Å². The average Bonchev–Trinajstić information content (AvgIpc) is 3.12. The Labute approximate surface area is 174 Å². The van der Waals surface area contributed by atoms with E-state index in [4.69, 9.17) is 4.99 Å². The van der Waals surface area contributed by atoms with Crippen LogP contribution in [0.25, 0.3) is 0 Å². The topological polar surface area (TPSA) is 45.5 Å². The summed E-state index contributed by atoms with van der Waals surface area (Å²) in [6.07, 6.45) is 7.86. The quantitative estimate of drug-likeness (QED) is 0.200. The molecule has 1 aromatic heterocycles. The van der Waals surface area contributed by atoms with Crippen LogP contribution in [0.4, 0.5) is 0 Å². The predicted molar refractivity (Wildman–Crippen MR) is 120 cm³/mol. The molecule has 0 unspecified atom stereocenters. The van der Waals surface area contributed by atoms with Gasteiger partial charge in [-0.2, -0.15) is 5.10 Å². The largest absolute Gasteiger partial charge is 0.357 e. The summed E-state index contributed by atoms with van der Waals surface area (Å²) in [5.41, 5.74) is 2.44. The standard InChI is InChI=1S/C20H29N5.HI/c1-4-6-7-13-24(3)20(21-5-2)22-16-18-10-8-11-19(15-18)17-25-14-9-12-23-25;/h4,8-12,14-15H,1,5-7,13,16-17H2,2-3H3,(H,21,22);1H. The molecule has 0 bridgehead atoms. The molecule has 0 fully saturated rings. The molecule has 2 rings (SSSR count). The molecule has 1 N–H and O–H groups in total. The minimum Gasteiger partial charge on any atom is -0.357 e. The Kier molecular flexibility index (Phi) is 10.7. The van der Waals surface area contributed by atoms with E-state index in [0.29, 0.717) is 6.54 Å². The van der Waals surface area contributed by atoms with E-state index in [-0.39, 0.29) is 24.0 Å². The van der Waals surface area contributed by atoms with Crippen LogP contribution in [0, 0.1) is 0 Å². The summed E-state index contributed by atoms with van der Waals surface area (Å²) >= 11 is 0. The lowest BCUT2D eigenvalue weighted by molar-refractivity contribution is 0.470. The average molecular weight is 467 g/mol. The highest BCUT2D eigenvalue weighted by Crippen LogP contribution is 2.08. The van der Waals surface area contributed by atoms with Gasteiger partial charge in [0, 0.05) is 32.5 Å². The fraction of sp³-hybridized carbons (Fsp3) is 0.400. The zero-order valence-electron chi connectivity index (χ0n) is 15.8. The number of unbranched alkanes of at least 4 members (excludes halogenated alkanes) is 1. The Balaban J connectivity index is 0.00000338. The summed E-state index contributed by atoms with van der Waals surface area (Å²) in [7, 11) is 2.08. The number of rotatable bonds is 9. The van der Waals surface area contributed by atoms with Crippen LogP contribution in [-0.2, 0) is 13.1 Å². The van der Waals surface area contributed by atoms with Gasteiger partial charge in [0.15, 0.2) is 5.96 Å². The van der Waals surface area contributed by atoms with Gasteiger partial charge < -0.3 is 10.2 Å². The molecule has 0 aliphatic heterocycles. The lowest BCUT2D eigenvalue weighted by atomic mass is 10.1. The van der Waals surface area contributed by atoms with Crippen molar-refractivity contribution in [3.63, 3.8) is 0 Å². The van der Waals surface area contributed by atoms with Gasteiger partial charge in [-0.3, -0.25) is 4.68 Å². The second-order valence-electron chi connectivity index (χ2n) is 6.05. The minimum atomic E-state index is 0. The predicted octanol–water partition coefficient (Wildman–Crippen LogP) is 3.91. The smallest absolute Gasteiger partial charge is 0.193 e. The van der Waals surface area contributed by atoms with Crippen molar-refractivity contribution in [1.82, 2.24) is 20.0 Å². The van der Waals surface area contributed by atoms with Gasteiger partial charge in [0.05, 0.1) is 13.1 Å². The molecule has 6 heteroatoms. The molecule has 2 aromatic rings. The zero-order chi connectivity index (χ0) is 17.9. The molecule has 0 saturated heterocycles. The third-order valence-electron chi connectivity index (χ3n) is 3.90. The van der Waals surface area contributed by atoms with Gasteiger partial charge in [0.25, 0.3) is 0 Å². The summed E-state index contributed by atoms with van der Waals surface area (Å²) in [6, 6.07) is 10.5. The Hall–Kier alpha value is -1.83. The number of guanidine groups is 1. The maximum Gasteiger partial charge on any atom is 0.193 e. The molecule has 1 aromatic carbocycles. The summed E-state index contributed by atoms with van der Waals surface area (Å²) in [5, 5.41) is 7.63. The SMILES string of the molecule is C=CCCCN(C)C(=NCc1cccc(Cn2cccn2)c1)NCC.I. The van der Waals surface area contributed by atoms with Gasteiger partial charge in [-0.1, -0.05) is 30.3 Å². The fourth-order valence-electron chi connectivity index (χ4n) is 2.62. The maximum atomic E-state index is 4.78. The van der Waals surface area contributed by atoms with Crippen LogP contribution >= 0.6 is 24.0 Å². The third-order valence-corrected chi connectivity index (χ3v) is 3.90. The Bertz CT molecular complexity index is 667. The summed E-state index contributed by atoms with van der Waals surface area (Å²) in [6.45, 7) is 9.16. The molecule has 0 aliphatic carbocycles. The molecule has 0 amide bonds. The number of halogens is 1. The van der Waals surface area contributed by atoms with Gasteiger partial charge in [-0.05, 0) is 37.0 Å². The Morgan fingerprint density at radius 3 is 2.85 bits per heavy atom. The number of allylic oxidation sites excluding steroid dienone is 1. The van der Waals surface area contributed by atoms with Gasteiger partial charge in [-0.15, -0.1) is 30.6 Å². The molecule has 5 nitrogen and oxygen atoms in total. The van der Waals surface area contributed by atoms with Gasteiger partial charge in [0.2, 0.25) is 0 Å². The van der Waals surface area contributed by atoms with Gasteiger partial charge in [0.1, 0.15) is 0 Å². The first-order valence-corrected chi connectivity index (χ1v) is 8.88. The zero-order valence-corrected chi connectivity index (χ0v) is 18.1. The lowest BCUT2D eigenvalue weighted by Crippen LogP contribution is -2.39. The first-order chi connectivity index (χ1) is 12.2. The molecular weight excluding hydrogens is 437 g/mol. The number of nitrogens with zero attached hydrogens (tertiary/aromatic N) is 4. The van der Waals surface area contributed by atoms with Crippen LogP contribution in [-0.4, -0.2) is 40.8 Å². The van der Waals surface area contributed by atoms with Crippen molar-refractivity contribution in [1.29, 1.82) is 0 Å². The van der Waals surface area contributed by atoms with Crippen LogP contribution in [0.5, 0.6) is 0 Å². The third kappa shape index (κ3) is 7.59. The Morgan fingerprint density at radius 1 is 1.35 bits per heavy atom. The number of aromatic nitrogens is 2. The summed E-state index contributed by atoms with van der Waals surface area (Å²) in [5.74, 6) is 0.948. The van der Waals surface area contributed by atoms with Gasteiger partial charge in [-0.25, -0.2) is 4.99 Å². The number of benzene rings is 1. The van der Waals surface area contributed by atoms with E-state index < -0.39 is 0 Å². The van der Waals surface area contributed by atoms with E-state index in [0.717, 1.165) is 38.4 Å². The van der Waals surface area contributed by atoms with Crippen LogP contribution < -0.4 is 5.32 Å². The van der Waals surface area contributed by atoms with E-state index in [1.165, 1.54) is 11.1 Å². The molecule has 142 valence electrons. The minimum absolute atomic E-state index is 0. The van der Waals surface area contributed by atoms with Gasteiger partial charge >= 0.3 is 0 Å². The number of hydrogen-bond donors (Lipinski definition) is 1. The van der Waals surface area contributed by atoms with E-state index in [1.54, 1.807) is 6.20 Å². The molecule has 1 heterocycles. The van der Waals surface area contributed by atoms with Crippen LogP contribution in [0.3, 0.4) is 0 Å². The first kappa shape index (κ1) is 22.2. The molecule has 0 radical (unpaired) electrons. The summed E-state index contributed by atoms with van der Waals surface area (Å²) < 4.78 is 1.93. The molecule has 0 saturated carbocycles. The van der Waals surface area contributed by atoms with Crippen molar-refractivity contribution >= 4 is 29.9 Å². The second-order valence-corrected chi connectivity index (χ2v) is 6.05. The molecule has 0 atom stereocenters. The molecule has 0 aliphatic rings. The molecule has 26 heavy (non-hydrogen) atoms. The number of hydrogen-bond acceptors (Lipinski definition) is 2. The van der Waals surface area contributed by atoms with E-state index >= 15 is 0 Å². The Morgan fingerprint density at radius 2 is 2.15 bits per heavy atom. The highest BCUT2D eigenvalue weighted by Gasteiger charge is 2.05. The second kappa shape index (κ2) is 12.5. The van der Waals surface area contributed by atoms with Crippen LogP contribution in [0.2, 0.25) is 0 Å². The normalized spacial score (nSPS) is 10.9. The van der Waals surface area contributed by atoms with E-state index in [9.17, 15) is 0 Å². The summed E-state index contributed by atoms with van der Waals surface area (Å²) in [4.78, 5) is 6.96. The monoisotopic (exact) mass is 467 g/mol. The highest BCUT2D eigenvalue weighted by molar-refractivity contribution is 14.0. The van der Waals surface area contributed by atoms with Crippen molar-refractivity contribution in [3.05, 3.63) is 66.5 Å². The lowest BCUT2D eigenvalue weighted by Gasteiger charge is -2.21. The maximum absolute atomic E-state index is 4.78. The van der Waals surface area contributed by atoms with E-state index in [2.05, 4.69) is 60.1 Å². The fourth-order valence-corrected chi connectivity index (χ4v) is 2.62.